The van der Waals surface area contributed by atoms with E-state index in [4.69, 9.17) is 0 Å². The van der Waals surface area contributed by atoms with Crippen LogP contribution >= 0.6 is 0 Å². The van der Waals surface area contributed by atoms with Gasteiger partial charge in [-0.25, -0.2) is 0 Å². The lowest BCUT2D eigenvalue weighted by atomic mass is 9.96. The van der Waals surface area contributed by atoms with Crippen LogP contribution in [0.4, 0.5) is 22.7 Å². The number of hydrogen-bond donors (Lipinski definition) is 12. The zero-order valence-corrected chi connectivity index (χ0v) is 47.3. The number of anilines is 4. The van der Waals surface area contributed by atoms with Gasteiger partial charge >= 0.3 is 0 Å². The first kappa shape index (κ1) is 65.3. The summed E-state index contributed by atoms with van der Waals surface area (Å²) in [4.78, 5) is 58.2. The van der Waals surface area contributed by atoms with Crippen molar-refractivity contribution in [2.75, 3.05) is 21.3 Å². The van der Waals surface area contributed by atoms with Crippen molar-refractivity contribution in [1.29, 1.82) is 0 Å². The van der Waals surface area contributed by atoms with Crippen molar-refractivity contribution in [2.45, 2.75) is 52.0 Å². The number of benzene rings is 6. The van der Waals surface area contributed by atoms with Gasteiger partial charge in [-0.3, -0.25) is 60.4 Å². The Morgan fingerprint density at radius 2 is 0.440 bits per heavy atom. The summed E-state index contributed by atoms with van der Waals surface area (Å²) in [6.45, 7) is 0. The summed E-state index contributed by atoms with van der Waals surface area (Å²) in [5, 5.41) is 8.48. The monoisotopic (exact) mass is 1330 g/mol. The van der Waals surface area contributed by atoms with E-state index in [1.807, 2.05) is 0 Å². The lowest BCUT2D eigenvalue weighted by Gasteiger charge is -2.14. The summed E-state index contributed by atoms with van der Waals surface area (Å²) in [7, 11) is -43.2. The van der Waals surface area contributed by atoms with Gasteiger partial charge in [0.25, 0.3) is 105 Å². The van der Waals surface area contributed by atoms with Gasteiger partial charge < -0.3 is 21.3 Å². The number of carbonyl (C=O) groups excluding carboxylic acids is 5. The average Bonchev–Trinajstić information content (AvgIpc) is 1.69. The summed E-state index contributed by atoms with van der Waals surface area (Å²) in [5.74, 6) is -6.21. The van der Waals surface area contributed by atoms with Crippen molar-refractivity contribution >= 4 is 133 Å². The maximum absolute atomic E-state index is 14.0. The van der Waals surface area contributed by atoms with Crippen LogP contribution in [0.3, 0.4) is 0 Å². The molecule has 0 saturated carbocycles. The molecule has 41 heteroatoms. The van der Waals surface area contributed by atoms with Crippen molar-refractivity contribution in [3.05, 3.63) is 143 Å². The zero-order valence-electron chi connectivity index (χ0n) is 40.7. The second-order valence-corrected chi connectivity index (χ2v) is 28.1. The number of amides is 4. The molecule has 0 saturated heterocycles. The van der Waals surface area contributed by atoms with Gasteiger partial charge in [0.05, 0.1) is 0 Å². The Morgan fingerprint density at radius 3 is 0.607 bits per heavy atom. The van der Waals surface area contributed by atoms with E-state index in [1.54, 1.807) is 0 Å². The molecule has 0 spiro atoms. The van der Waals surface area contributed by atoms with Crippen molar-refractivity contribution in [2.24, 2.45) is 0 Å². The standard InChI is InChI=1S/C43H34N4O29S8/c48-31(13-21-9-23(40(49)44-27-1-5-32(77(53,54)55)36(17-27)81(65,66)67)15-24(10-21)41(50)45-28-2-6-33(78(56,57)58)37(18-28)82(68,69)70)14-22-11-25(42(51)46-29-3-7-34(79(59,60)61)38(19-29)83(71,72)73)16-26(12-22)43(52)47-30-4-8-35(80(62,63)64)39(20-30)84(74,75)76/h1-12,15-20H,13-14H2,(H,44,49)(H,45,50)(H,46,51)(H,47,52)(H,53,54,55)(H,56,57,58)(H,59,60,61)(H,62,63,64)(H,65,66,67)(H,68,69,70)(H,71,72,73)(H,74,75,76). The highest BCUT2D eigenvalue weighted by Gasteiger charge is 2.30. The Hall–Kier alpha value is -7.85. The van der Waals surface area contributed by atoms with Gasteiger partial charge in [-0.05, 0) is 120 Å². The molecule has 0 atom stereocenters. The van der Waals surface area contributed by atoms with E-state index in [-0.39, 0.29) is 11.1 Å². The van der Waals surface area contributed by atoms with Crippen molar-refractivity contribution < 1.29 is 128 Å². The number of rotatable bonds is 20. The molecule has 0 radical (unpaired) electrons. The highest BCUT2D eigenvalue weighted by atomic mass is 32.3. The molecular weight excluding hydrogens is 1290 g/mol. The predicted molar refractivity (Wildman–Crippen MR) is 281 cm³/mol. The highest BCUT2D eigenvalue weighted by molar-refractivity contribution is 7.90. The number of nitrogens with one attached hydrogen (secondary N) is 4. The Labute approximate surface area is 473 Å². The molecule has 84 heavy (non-hydrogen) atoms. The van der Waals surface area contributed by atoms with E-state index in [0.29, 0.717) is 48.5 Å². The molecule has 448 valence electrons. The van der Waals surface area contributed by atoms with Crippen molar-refractivity contribution in [3.63, 3.8) is 0 Å². The fraction of sp³-hybridized carbons (Fsp3) is 0.0465. The van der Waals surface area contributed by atoms with Crippen LogP contribution in [-0.2, 0) is 98.6 Å². The van der Waals surface area contributed by atoms with Crippen LogP contribution in [0.25, 0.3) is 0 Å². The summed E-state index contributed by atoms with van der Waals surface area (Å²) in [5.41, 5.74) is -5.52. The fourth-order valence-electron chi connectivity index (χ4n) is 7.45. The molecule has 12 N–H and O–H groups in total. The zero-order chi connectivity index (χ0) is 63.2. The summed E-state index contributed by atoms with van der Waals surface area (Å²) >= 11 is 0. The Balaban J connectivity index is 1.43. The van der Waals surface area contributed by atoms with Gasteiger partial charge in [0.15, 0.2) is 0 Å². The first-order valence-electron chi connectivity index (χ1n) is 21.6. The minimum atomic E-state index is -5.46. The molecular formula is C43H34N4O29S8. The van der Waals surface area contributed by atoms with Crippen LogP contribution in [0, 0.1) is 0 Å². The molecule has 0 aliphatic heterocycles. The SMILES string of the molecule is O=C(Cc1cc(C(=O)Nc2ccc(S(=O)(=O)O)c(S(=O)(=O)O)c2)cc(C(=O)Nc2ccc(S(=O)(=O)O)c(S(=O)(=O)O)c2)c1)Cc1cc(C(=O)Nc2ccc(S(=O)(=O)O)c(S(=O)(=O)O)c2)cc(C(=O)Nc2ccc(S(=O)(=O)O)c(S(=O)(=O)O)c2)c1. The fourth-order valence-corrected chi connectivity index (χ4v) is 14.6. The number of Topliss-reactive ketones (excluding diaryl/α,β-unsaturated/α-hetero) is 1. The Kier molecular flexibility index (Phi) is 18.1. The summed E-state index contributed by atoms with van der Waals surface area (Å²) in [6.07, 6.45) is -1.75. The van der Waals surface area contributed by atoms with Crippen LogP contribution in [-0.4, -0.2) is 133 Å². The first-order chi connectivity index (χ1) is 38.2. The van der Waals surface area contributed by atoms with E-state index >= 15 is 0 Å². The topological polar surface area (TPSA) is 568 Å². The molecule has 0 unspecified atom stereocenters. The van der Waals surface area contributed by atoms with Crippen LogP contribution in [0.2, 0.25) is 0 Å². The van der Waals surface area contributed by atoms with Gasteiger partial charge in [0, 0.05) is 57.8 Å². The molecule has 6 aromatic carbocycles. The third kappa shape index (κ3) is 16.3. The highest BCUT2D eigenvalue weighted by Crippen LogP contribution is 2.30. The van der Waals surface area contributed by atoms with E-state index in [9.17, 15) is 128 Å². The quantitative estimate of drug-likeness (QED) is 0.0486. The molecule has 6 aromatic rings. The second kappa shape index (κ2) is 23.3. The molecule has 0 fully saturated rings. The third-order valence-electron chi connectivity index (χ3n) is 10.9. The minimum Gasteiger partial charge on any atom is -0.322 e. The Bertz CT molecular complexity index is 4230. The van der Waals surface area contributed by atoms with E-state index in [2.05, 4.69) is 21.3 Å². The number of hydrogen-bond acceptors (Lipinski definition) is 21. The first-order valence-corrected chi connectivity index (χ1v) is 33.1. The molecule has 0 aromatic heterocycles. The smallest absolute Gasteiger partial charge is 0.295 e. The molecule has 0 aliphatic carbocycles. The third-order valence-corrected chi connectivity index (χ3v) is 18.6. The average molecular weight is 1330 g/mol. The lowest BCUT2D eigenvalue weighted by Crippen LogP contribution is -2.19. The second-order valence-electron chi connectivity index (χ2n) is 17.0. The molecule has 0 aliphatic rings. The summed E-state index contributed by atoms with van der Waals surface area (Å²) < 4.78 is 268. The van der Waals surface area contributed by atoms with Crippen LogP contribution in [0.15, 0.2) is 148 Å². The maximum Gasteiger partial charge on any atom is 0.295 e. The van der Waals surface area contributed by atoms with Crippen molar-refractivity contribution in [3.8, 4) is 0 Å². The summed E-state index contributed by atoms with van der Waals surface area (Å²) in [6, 6.07) is 11.5. The van der Waals surface area contributed by atoms with Crippen LogP contribution in [0.5, 0.6) is 0 Å². The van der Waals surface area contributed by atoms with Gasteiger partial charge in [-0.1, -0.05) is 0 Å². The van der Waals surface area contributed by atoms with Gasteiger partial charge in [-0.2, -0.15) is 67.3 Å². The molecule has 0 heterocycles. The van der Waals surface area contributed by atoms with E-state index in [1.165, 1.54) is 0 Å². The van der Waals surface area contributed by atoms with Crippen LogP contribution in [0.1, 0.15) is 52.6 Å². The van der Waals surface area contributed by atoms with Crippen LogP contribution < -0.4 is 21.3 Å². The van der Waals surface area contributed by atoms with Crippen molar-refractivity contribution in [1.82, 2.24) is 0 Å². The minimum absolute atomic E-state index is 0.309. The van der Waals surface area contributed by atoms with Gasteiger partial charge in [-0.15, -0.1) is 0 Å². The Morgan fingerprint density at radius 1 is 0.262 bits per heavy atom. The maximum atomic E-state index is 14.0. The number of ketones is 1. The van der Waals surface area contributed by atoms with E-state index < -0.39 is 207 Å². The van der Waals surface area contributed by atoms with E-state index in [0.717, 1.165) is 60.7 Å². The molecule has 33 nitrogen and oxygen atoms in total. The molecule has 0 bridgehead atoms. The molecule has 6 rings (SSSR count). The number of carbonyl (C=O) groups is 5. The van der Waals surface area contributed by atoms with Gasteiger partial charge in [0.1, 0.15) is 44.9 Å². The predicted octanol–water partition coefficient (Wildman–Crippen LogP) is 2.02. The van der Waals surface area contributed by atoms with Gasteiger partial charge in [0.2, 0.25) is 0 Å². The normalized spacial score (nSPS) is 12.7. The molecule has 4 amide bonds. The lowest BCUT2D eigenvalue weighted by molar-refractivity contribution is -0.117. The largest absolute Gasteiger partial charge is 0.322 e.